The number of benzene rings is 1. The van der Waals surface area contributed by atoms with Crippen LogP contribution in [0.4, 0.5) is 0 Å². The van der Waals surface area contributed by atoms with Crippen LogP contribution in [0.25, 0.3) is 0 Å². The predicted octanol–water partition coefficient (Wildman–Crippen LogP) is 3.52. The van der Waals surface area contributed by atoms with Crippen molar-refractivity contribution in [2.45, 2.75) is 33.1 Å². The molecule has 0 aliphatic carbocycles. The van der Waals surface area contributed by atoms with E-state index in [-0.39, 0.29) is 0 Å². The maximum absolute atomic E-state index is 5.25. The van der Waals surface area contributed by atoms with E-state index in [1.54, 1.807) is 0 Å². The van der Waals surface area contributed by atoms with Crippen molar-refractivity contribution in [1.82, 2.24) is 0 Å². The van der Waals surface area contributed by atoms with Crippen molar-refractivity contribution < 1.29 is 4.74 Å². The highest BCUT2D eigenvalue weighted by Gasteiger charge is 1.88. The average molecular weight is 188 g/mol. The van der Waals surface area contributed by atoms with E-state index in [1.165, 1.54) is 12.0 Å². The molecule has 0 fully saturated rings. The van der Waals surface area contributed by atoms with Gasteiger partial charge >= 0.3 is 0 Å². The first-order chi connectivity index (χ1) is 6.83. The molecule has 1 nitrogen and oxygen atoms in total. The van der Waals surface area contributed by atoms with Gasteiger partial charge in [-0.25, -0.2) is 0 Å². The Hall–Kier alpha value is -1.42. The Morgan fingerprint density at radius 3 is 2.57 bits per heavy atom. The molecule has 1 rings (SSSR count). The third-order valence-corrected chi connectivity index (χ3v) is 1.92. The molecule has 0 heterocycles. The average Bonchev–Trinajstić information content (AvgIpc) is 2.21. The lowest BCUT2D eigenvalue weighted by molar-refractivity contribution is 0.518. The SMILES string of the molecule is CCCCC#COc1ccc(C)cc1. The zero-order valence-electron chi connectivity index (χ0n) is 8.84. The Balaban J connectivity index is 2.36. The minimum absolute atomic E-state index is 0.819. The minimum Gasteiger partial charge on any atom is -0.408 e. The minimum atomic E-state index is 0.819. The second kappa shape index (κ2) is 6.10. The lowest BCUT2D eigenvalue weighted by atomic mass is 10.2. The third kappa shape index (κ3) is 4.00. The van der Waals surface area contributed by atoms with Crippen LogP contribution in [0.3, 0.4) is 0 Å². The van der Waals surface area contributed by atoms with E-state index in [0.717, 1.165) is 18.6 Å². The quantitative estimate of drug-likeness (QED) is 0.521. The molecule has 0 saturated heterocycles. The van der Waals surface area contributed by atoms with Gasteiger partial charge in [-0.2, -0.15) is 0 Å². The first-order valence-electron chi connectivity index (χ1n) is 5.04. The molecule has 0 saturated carbocycles. The molecule has 74 valence electrons. The molecule has 0 aliphatic heterocycles. The van der Waals surface area contributed by atoms with Crippen LogP contribution in [0.2, 0.25) is 0 Å². The zero-order valence-corrected chi connectivity index (χ0v) is 8.84. The first-order valence-corrected chi connectivity index (χ1v) is 5.04. The Labute approximate surface area is 86.1 Å². The summed E-state index contributed by atoms with van der Waals surface area (Å²) in [5.41, 5.74) is 1.23. The Kier molecular flexibility index (Phi) is 4.64. The molecule has 0 spiro atoms. The number of unbranched alkanes of at least 4 members (excludes halogenated alkanes) is 2. The van der Waals surface area contributed by atoms with Gasteiger partial charge in [-0.15, -0.1) is 0 Å². The standard InChI is InChI=1S/C13H16O/c1-3-4-5-6-11-14-13-9-7-12(2)8-10-13/h7-10H,3-5H2,1-2H3. The Morgan fingerprint density at radius 1 is 1.21 bits per heavy atom. The summed E-state index contributed by atoms with van der Waals surface area (Å²) >= 11 is 0. The predicted molar refractivity (Wildman–Crippen MR) is 59.1 cm³/mol. The molecule has 0 atom stereocenters. The van der Waals surface area contributed by atoms with E-state index >= 15 is 0 Å². The molecule has 0 amide bonds. The van der Waals surface area contributed by atoms with Crippen molar-refractivity contribution in [2.75, 3.05) is 0 Å². The van der Waals surface area contributed by atoms with Crippen LogP contribution in [0, 0.1) is 19.0 Å². The highest BCUT2D eigenvalue weighted by atomic mass is 16.5. The maximum atomic E-state index is 5.25. The first kappa shape index (κ1) is 10.7. The van der Waals surface area contributed by atoms with Crippen molar-refractivity contribution in [3.63, 3.8) is 0 Å². The summed E-state index contributed by atoms with van der Waals surface area (Å²) in [4.78, 5) is 0. The summed E-state index contributed by atoms with van der Waals surface area (Å²) in [5.74, 6) is 3.80. The smallest absolute Gasteiger partial charge is 0.140 e. The van der Waals surface area contributed by atoms with Crippen molar-refractivity contribution >= 4 is 0 Å². The van der Waals surface area contributed by atoms with Crippen LogP contribution in [0.15, 0.2) is 24.3 Å². The number of ether oxygens (including phenoxy) is 1. The highest BCUT2D eigenvalue weighted by Crippen LogP contribution is 2.10. The van der Waals surface area contributed by atoms with Crippen LogP contribution in [-0.2, 0) is 0 Å². The topological polar surface area (TPSA) is 9.23 Å². The zero-order chi connectivity index (χ0) is 10.2. The van der Waals surface area contributed by atoms with Crippen LogP contribution < -0.4 is 4.74 Å². The summed E-state index contributed by atoms with van der Waals surface area (Å²) in [6.07, 6.45) is 5.95. The molecule has 14 heavy (non-hydrogen) atoms. The summed E-state index contributed by atoms with van der Waals surface area (Å²) < 4.78 is 5.25. The van der Waals surface area contributed by atoms with Gasteiger partial charge in [0, 0.05) is 6.42 Å². The molecule has 1 aromatic rings. The molecular formula is C13H16O. The van der Waals surface area contributed by atoms with Gasteiger partial charge in [0.15, 0.2) is 0 Å². The summed E-state index contributed by atoms with van der Waals surface area (Å²) in [5, 5.41) is 0. The van der Waals surface area contributed by atoms with Crippen LogP contribution >= 0.6 is 0 Å². The number of hydrogen-bond donors (Lipinski definition) is 0. The Bertz CT molecular complexity index is 313. The number of hydrogen-bond acceptors (Lipinski definition) is 1. The van der Waals surface area contributed by atoms with E-state index < -0.39 is 0 Å². The maximum Gasteiger partial charge on any atom is 0.140 e. The monoisotopic (exact) mass is 188 g/mol. The summed E-state index contributed by atoms with van der Waals surface area (Å²) in [6, 6.07) is 7.90. The summed E-state index contributed by atoms with van der Waals surface area (Å²) in [7, 11) is 0. The van der Waals surface area contributed by atoms with Gasteiger partial charge in [-0.1, -0.05) is 37.0 Å². The number of aryl methyl sites for hydroxylation is 1. The van der Waals surface area contributed by atoms with Gasteiger partial charge in [-0.3, -0.25) is 0 Å². The van der Waals surface area contributed by atoms with E-state index in [4.69, 9.17) is 4.74 Å². The van der Waals surface area contributed by atoms with Gasteiger partial charge in [0.05, 0.1) is 0 Å². The lowest BCUT2D eigenvalue weighted by Crippen LogP contribution is -1.82. The van der Waals surface area contributed by atoms with E-state index in [9.17, 15) is 0 Å². The second-order valence-electron chi connectivity index (χ2n) is 3.30. The molecule has 1 aromatic carbocycles. The number of rotatable bonds is 3. The van der Waals surface area contributed by atoms with Crippen LogP contribution in [0.1, 0.15) is 31.7 Å². The van der Waals surface area contributed by atoms with Crippen molar-refractivity contribution in [1.29, 1.82) is 0 Å². The molecule has 0 aromatic heterocycles. The van der Waals surface area contributed by atoms with Crippen LogP contribution in [0.5, 0.6) is 5.75 Å². The van der Waals surface area contributed by atoms with Gasteiger partial charge < -0.3 is 4.74 Å². The fourth-order valence-corrected chi connectivity index (χ4v) is 1.02. The molecule has 1 heteroatoms. The van der Waals surface area contributed by atoms with E-state index in [0.29, 0.717) is 0 Å². The Morgan fingerprint density at radius 2 is 1.93 bits per heavy atom. The fraction of sp³-hybridized carbons (Fsp3) is 0.385. The van der Waals surface area contributed by atoms with Crippen molar-refractivity contribution in [3.05, 3.63) is 29.8 Å². The summed E-state index contributed by atoms with van der Waals surface area (Å²) in [6.45, 7) is 4.21. The normalized spacial score (nSPS) is 9.00. The third-order valence-electron chi connectivity index (χ3n) is 1.92. The molecule has 0 bridgehead atoms. The van der Waals surface area contributed by atoms with Crippen LogP contribution in [-0.4, -0.2) is 0 Å². The van der Waals surface area contributed by atoms with Gasteiger partial charge in [-0.05, 0) is 25.5 Å². The largest absolute Gasteiger partial charge is 0.408 e. The van der Waals surface area contributed by atoms with E-state index in [1.807, 2.05) is 24.3 Å². The molecule has 0 radical (unpaired) electrons. The highest BCUT2D eigenvalue weighted by molar-refractivity contribution is 5.27. The lowest BCUT2D eigenvalue weighted by Gasteiger charge is -1.96. The fourth-order valence-electron chi connectivity index (χ4n) is 1.02. The van der Waals surface area contributed by atoms with Gasteiger partial charge in [0.1, 0.15) is 11.9 Å². The van der Waals surface area contributed by atoms with Gasteiger partial charge in [0.2, 0.25) is 0 Å². The molecular weight excluding hydrogens is 172 g/mol. The molecule has 0 aliphatic rings. The van der Waals surface area contributed by atoms with Crippen molar-refractivity contribution in [2.24, 2.45) is 0 Å². The van der Waals surface area contributed by atoms with Crippen molar-refractivity contribution in [3.8, 4) is 17.8 Å². The van der Waals surface area contributed by atoms with E-state index in [2.05, 4.69) is 25.9 Å². The molecule has 0 N–H and O–H groups in total. The molecule has 0 unspecified atom stereocenters. The second-order valence-corrected chi connectivity index (χ2v) is 3.30. The van der Waals surface area contributed by atoms with Gasteiger partial charge in [0.25, 0.3) is 0 Å².